The maximum absolute atomic E-state index is 11.3. The predicted octanol–water partition coefficient (Wildman–Crippen LogP) is 2.04. The fraction of sp³-hybridized carbons (Fsp3) is 0. The van der Waals surface area contributed by atoms with Crippen LogP contribution in [-0.2, 0) is 10.0 Å². The quantitative estimate of drug-likeness (QED) is 0.679. The molecule has 0 aliphatic carbocycles. The van der Waals surface area contributed by atoms with Crippen LogP contribution in [0.25, 0.3) is 21.8 Å². The minimum Gasteiger partial charge on any atom is -0.248 e. The lowest BCUT2D eigenvalue weighted by atomic mass is 10.1. The Morgan fingerprint density at radius 3 is 2.39 bits per heavy atom. The van der Waals surface area contributed by atoms with Gasteiger partial charge in [-0.25, -0.2) is 18.5 Å². The van der Waals surface area contributed by atoms with Gasteiger partial charge in [-0.15, -0.1) is 0 Å². The van der Waals surface area contributed by atoms with E-state index in [4.69, 9.17) is 5.14 Å². The van der Waals surface area contributed by atoms with Crippen LogP contribution in [0.1, 0.15) is 0 Å². The first-order chi connectivity index (χ1) is 8.54. The van der Waals surface area contributed by atoms with Crippen molar-refractivity contribution in [3.63, 3.8) is 0 Å². The average Bonchev–Trinajstić information content (AvgIpc) is 2.34. The molecule has 4 nitrogen and oxygen atoms in total. The van der Waals surface area contributed by atoms with Gasteiger partial charge in [0.1, 0.15) is 0 Å². The van der Waals surface area contributed by atoms with E-state index in [1.807, 2.05) is 30.3 Å². The van der Waals surface area contributed by atoms with Crippen LogP contribution in [0.4, 0.5) is 0 Å². The monoisotopic (exact) mass is 258 g/mol. The number of aromatic nitrogens is 1. The summed E-state index contributed by atoms with van der Waals surface area (Å²) in [5.41, 5.74) is 1.63. The zero-order chi connectivity index (χ0) is 12.8. The van der Waals surface area contributed by atoms with Crippen molar-refractivity contribution in [2.24, 2.45) is 5.14 Å². The molecule has 0 bridgehead atoms. The Labute approximate surface area is 104 Å². The number of fused-ring (bicyclic) bond motifs is 2. The highest BCUT2D eigenvalue weighted by molar-refractivity contribution is 7.89. The molecule has 0 saturated carbocycles. The van der Waals surface area contributed by atoms with Crippen LogP contribution in [-0.4, -0.2) is 13.4 Å². The summed E-state index contributed by atoms with van der Waals surface area (Å²) in [4.78, 5) is 4.57. The summed E-state index contributed by atoms with van der Waals surface area (Å²) in [6.45, 7) is 0. The molecule has 1 aromatic heterocycles. The van der Waals surface area contributed by atoms with Gasteiger partial charge in [-0.05, 0) is 30.3 Å². The van der Waals surface area contributed by atoms with Gasteiger partial charge in [0.05, 0.1) is 15.9 Å². The number of para-hydroxylation sites is 1. The van der Waals surface area contributed by atoms with Crippen molar-refractivity contribution in [3.8, 4) is 0 Å². The molecule has 0 amide bonds. The maximum Gasteiger partial charge on any atom is 0.238 e. The number of rotatable bonds is 1. The first-order valence-electron chi connectivity index (χ1n) is 5.36. The van der Waals surface area contributed by atoms with E-state index in [1.165, 1.54) is 6.07 Å². The molecule has 90 valence electrons. The summed E-state index contributed by atoms with van der Waals surface area (Å²) in [5.74, 6) is 0. The van der Waals surface area contributed by atoms with Crippen molar-refractivity contribution in [1.82, 2.24) is 4.98 Å². The Morgan fingerprint density at radius 2 is 1.61 bits per heavy atom. The Bertz CT molecular complexity index is 857. The van der Waals surface area contributed by atoms with Crippen LogP contribution in [0.3, 0.4) is 0 Å². The number of sulfonamides is 1. The number of primary sulfonamides is 1. The fourth-order valence-corrected chi connectivity index (χ4v) is 2.48. The number of hydrogen-bond acceptors (Lipinski definition) is 3. The number of nitrogens with zero attached hydrogens (tertiary/aromatic N) is 1. The molecule has 5 heteroatoms. The molecular weight excluding hydrogens is 248 g/mol. The number of pyridine rings is 1. The smallest absolute Gasteiger partial charge is 0.238 e. The standard InChI is InChI=1S/C13H10N2O2S/c14-18(16,17)11-5-6-13-10(8-11)7-9-3-1-2-4-12(9)15-13/h1-8H,(H2,14,16,17). The van der Waals surface area contributed by atoms with Crippen LogP contribution in [0.2, 0.25) is 0 Å². The third-order valence-corrected chi connectivity index (χ3v) is 3.73. The predicted molar refractivity (Wildman–Crippen MR) is 70.6 cm³/mol. The van der Waals surface area contributed by atoms with Crippen LogP contribution in [0.5, 0.6) is 0 Å². The third-order valence-electron chi connectivity index (χ3n) is 2.82. The van der Waals surface area contributed by atoms with Crippen molar-refractivity contribution < 1.29 is 8.42 Å². The Kier molecular flexibility index (Phi) is 2.33. The van der Waals surface area contributed by atoms with E-state index < -0.39 is 10.0 Å². The second-order valence-corrected chi connectivity index (χ2v) is 5.64. The van der Waals surface area contributed by atoms with Crippen LogP contribution in [0, 0.1) is 0 Å². The van der Waals surface area contributed by atoms with Crippen molar-refractivity contribution in [1.29, 1.82) is 0 Å². The summed E-state index contributed by atoms with van der Waals surface area (Å²) >= 11 is 0. The molecule has 18 heavy (non-hydrogen) atoms. The molecule has 0 aliphatic heterocycles. The highest BCUT2D eigenvalue weighted by atomic mass is 32.2. The SMILES string of the molecule is NS(=O)(=O)c1ccc2nc3ccccc3cc2c1. The fourth-order valence-electron chi connectivity index (χ4n) is 1.94. The van der Waals surface area contributed by atoms with Crippen molar-refractivity contribution in [2.75, 3.05) is 0 Å². The van der Waals surface area contributed by atoms with E-state index in [1.54, 1.807) is 12.1 Å². The molecule has 0 unspecified atom stereocenters. The van der Waals surface area contributed by atoms with E-state index in [9.17, 15) is 8.42 Å². The van der Waals surface area contributed by atoms with Gasteiger partial charge in [-0.1, -0.05) is 18.2 Å². The highest BCUT2D eigenvalue weighted by Gasteiger charge is 2.09. The van der Waals surface area contributed by atoms with Crippen LogP contribution in [0.15, 0.2) is 53.4 Å². The number of benzene rings is 2. The van der Waals surface area contributed by atoms with Crippen molar-refractivity contribution in [2.45, 2.75) is 4.90 Å². The molecule has 2 aromatic carbocycles. The summed E-state index contributed by atoms with van der Waals surface area (Å²) < 4.78 is 22.6. The first kappa shape index (κ1) is 11.1. The van der Waals surface area contributed by atoms with Gasteiger partial charge in [0.2, 0.25) is 10.0 Å². The number of hydrogen-bond donors (Lipinski definition) is 1. The molecule has 0 fully saturated rings. The second kappa shape index (κ2) is 3.76. The zero-order valence-electron chi connectivity index (χ0n) is 9.37. The molecule has 3 rings (SSSR count). The van der Waals surface area contributed by atoms with E-state index >= 15 is 0 Å². The molecule has 0 aliphatic rings. The molecule has 0 spiro atoms. The second-order valence-electron chi connectivity index (χ2n) is 4.08. The Morgan fingerprint density at radius 1 is 0.889 bits per heavy atom. The molecule has 1 heterocycles. The first-order valence-corrected chi connectivity index (χ1v) is 6.91. The molecule has 0 saturated heterocycles. The summed E-state index contributed by atoms with van der Waals surface area (Å²) in [6, 6.07) is 14.3. The molecule has 3 aromatic rings. The normalized spacial score (nSPS) is 12.1. The van der Waals surface area contributed by atoms with Crippen molar-refractivity contribution >= 4 is 31.8 Å². The Balaban J connectivity index is 2.37. The Hall–Kier alpha value is -1.98. The topological polar surface area (TPSA) is 73.1 Å². The van der Waals surface area contributed by atoms with E-state index in [0.29, 0.717) is 0 Å². The molecular formula is C13H10N2O2S. The van der Waals surface area contributed by atoms with Gasteiger partial charge in [-0.3, -0.25) is 0 Å². The molecule has 0 radical (unpaired) electrons. The summed E-state index contributed by atoms with van der Waals surface area (Å²) in [7, 11) is -3.68. The van der Waals surface area contributed by atoms with Crippen molar-refractivity contribution in [3.05, 3.63) is 48.5 Å². The lowest BCUT2D eigenvalue weighted by Gasteiger charge is -2.03. The lowest BCUT2D eigenvalue weighted by Crippen LogP contribution is -2.11. The van der Waals surface area contributed by atoms with E-state index in [-0.39, 0.29) is 4.90 Å². The van der Waals surface area contributed by atoms with E-state index in [0.717, 1.165) is 21.8 Å². The van der Waals surface area contributed by atoms with Gasteiger partial charge in [0.25, 0.3) is 0 Å². The summed E-state index contributed by atoms with van der Waals surface area (Å²) in [6.07, 6.45) is 0. The third kappa shape index (κ3) is 1.83. The molecule has 2 N–H and O–H groups in total. The van der Waals surface area contributed by atoms with Gasteiger partial charge in [0, 0.05) is 10.8 Å². The zero-order valence-corrected chi connectivity index (χ0v) is 10.2. The largest absolute Gasteiger partial charge is 0.248 e. The van der Waals surface area contributed by atoms with Gasteiger partial charge < -0.3 is 0 Å². The maximum atomic E-state index is 11.3. The van der Waals surface area contributed by atoms with Gasteiger partial charge in [-0.2, -0.15) is 0 Å². The van der Waals surface area contributed by atoms with Gasteiger partial charge in [0.15, 0.2) is 0 Å². The minimum absolute atomic E-state index is 0.104. The highest BCUT2D eigenvalue weighted by Crippen LogP contribution is 2.21. The number of nitrogens with two attached hydrogens (primary N) is 1. The molecule has 0 atom stereocenters. The van der Waals surface area contributed by atoms with E-state index in [2.05, 4.69) is 4.98 Å². The summed E-state index contributed by atoms with van der Waals surface area (Å²) in [5, 5.41) is 6.85. The minimum atomic E-state index is -3.68. The average molecular weight is 258 g/mol. The lowest BCUT2D eigenvalue weighted by molar-refractivity contribution is 0.598. The van der Waals surface area contributed by atoms with Gasteiger partial charge >= 0.3 is 0 Å². The van der Waals surface area contributed by atoms with Crippen LogP contribution < -0.4 is 5.14 Å². The van der Waals surface area contributed by atoms with Crippen LogP contribution >= 0.6 is 0 Å².